The van der Waals surface area contributed by atoms with E-state index in [9.17, 15) is 9.90 Å². The SMILES string of the molecule is COc1cncc(C(NC(=O)c2cn[nH]c2)C2CC(O)C2)c1. The van der Waals surface area contributed by atoms with Crippen LogP contribution in [0.2, 0.25) is 0 Å². The molecular formula is C15H18N4O3. The number of aromatic amines is 1. The van der Waals surface area contributed by atoms with Crippen molar-refractivity contribution in [2.45, 2.75) is 25.0 Å². The molecule has 3 N–H and O–H groups in total. The maximum atomic E-state index is 12.3. The molecule has 2 heterocycles. The Bertz CT molecular complexity index is 638. The molecule has 1 unspecified atom stereocenters. The number of hydrogen-bond acceptors (Lipinski definition) is 5. The van der Waals surface area contributed by atoms with Crippen LogP contribution in [0, 0.1) is 5.92 Å². The van der Waals surface area contributed by atoms with Gasteiger partial charge in [0.05, 0.1) is 37.2 Å². The third kappa shape index (κ3) is 2.94. The molecular weight excluding hydrogens is 284 g/mol. The molecule has 7 heteroatoms. The van der Waals surface area contributed by atoms with Crippen molar-refractivity contribution in [3.05, 3.63) is 42.0 Å². The van der Waals surface area contributed by atoms with Crippen molar-refractivity contribution in [3.8, 4) is 5.75 Å². The number of aliphatic hydroxyl groups excluding tert-OH is 1. The number of H-pyrrole nitrogens is 1. The third-order valence-corrected chi connectivity index (χ3v) is 4.00. The van der Waals surface area contributed by atoms with Gasteiger partial charge >= 0.3 is 0 Å². The van der Waals surface area contributed by atoms with Gasteiger partial charge in [0.25, 0.3) is 5.91 Å². The fourth-order valence-electron chi connectivity index (χ4n) is 2.69. The van der Waals surface area contributed by atoms with Crippen molar-refractivity contribution in [3.63, 3.8) is 0 Å². The normalized spacial score (nSPS) is 21.7. The molecule has 22 heavy (non-hydrogen) atoms. The zero-order valence-electron chi connectivity index (χ0n) is 12.2. The van der Waals surface area contributed by atoms with E-state index in [0.29, 0.717) is 24.2 Å². The second-order valence-corrected chi connectivity index (χ2v) is 5.48. The van der Waals surface area contributed by atoms with Crippen LogP contribution in [-0.4, -0.2) is 39.4 Å². The number of aromatic nitrogens is 3. The van der Waals surface area contributed by atoms with Crippen LogP contribution in [0.4, 0.5) is 0 Å². The third-order valence-electron chi connectivity index (χ3n) is 4.00. The van der Waals surface area contributed by atoms with Crippen LogP contribution in [0.15, 0.2) is 30.9 Å². The number of aliphatic hydroxyl groups is 1. The summed E-state index contributed by atoms with van der Waals surface area (Å²) in [6.07, 6.45) is 7.39. The molecule has 7 nitrogen and oxygen atoms in total. The fraction of sp³-hybridized carbons (Fsp3) is 0.400. The Morgan fingerprint density at radius 1 is 1.45 bits per heavy atom. The minimum absolute atomic E-state index is 0.180. The molecule has 1 amide bonds. The maximum absolute atomic E-state index is 12.3. The Kier molecular flexibility index (Phi) is 4.06. The standard InChI is InChI=1S/C15H18N4O3/c1-22-13-4-10(5-16-8-13)14(9-2-12(20)3-9)19-15(21)11-6-17-18-7-11/h4-9,12,14,20H,2-3H2,1H3,(H,17,18)(H,19,21). The number of hydrogen-bond donors (Lipinski definition) is 3. The number of nitrogens with zero attached hydrogens (tertiary/aromatic N) is 2. The Morgan fingerprint density at radius 3 is 2.91 bits per heavy atom. The molecule has 1 saturated carbocycles. The molecule has 1 atom stereocenters. The predicted octanol–water partition coefficient (Wildman–Crippen LogP) is 1.06. The van der Waals surface area contributed by atoms with E-state index in [-0.39, 0.29) is 24.0 Å². The summed E-state index contributed by atoms with van der Waals surface area (Å²) in [6, 6.07) is 1.64. The molecule has 0 bridgehead atoms. The monoisotopic (exact) mass is 302 g/mol. The van der Waals surface area contributed by atoms with Gasteiger partial charge in [-0.25, -0.2) is 0 Å². The molecule has 0 saturated heterocycles. The van der Waals surface area contributed by atoms with Gasteiger partial charge in [0.1, 0.15) is 5.75 Å². The van der Waals surface area contributed by atoms with Gasteiger partial charge < -0.3 is 15.2 Å². The average Bonchev–Trinajstić information content (AvgIpc) is 3.04. The predicted molar refractivity (Wildman–Crippen MR) is 78.3 cm³/mol. The number of carbonyl (C=O) groups is 1. The average molecular weight is 302 g/mol. The minimum atomic E-state index is -0.295. The Labute approximate surface area is 127 Å². The molecule has 1 aliphatic carbocycles. The fourth-order valence-corrected chi connectivity index (χ4v) is 2.69. The summed E-state index contributed by atoms with van der Waals surface area (Å²) >= 11 is 0. The van der Waals surface area contributed by atoms with E-state index in [0.717, 1.165) is 5.56 Å². The van der Waals surface area contributed by atoms with E-state index in [1.54, 1.807) is 25.7 Å². The smallest absolute Gasteiger partial charge is 0.254 e. The summed E-state index contributed by atoms with van der Waals surface area (Å²) in [5, 5.41) is 19.0. The Morgan fingerprint density at radius 2 is 2.27 bits per heavy atom. The Balaban J connectivity index is 1.82. The highest BCUT2D eigenvalue weighted by atomic mass is 16.5. The lowest BCUT2D eigenvalue weighted by molar-refractivity contribution is 0.0234. The van der Waals surface area contributed by atoms with Crippen molar-refractivity contribution < 1.29 is 14.6 Å². The van der Waals surface area contributed by atoms with Crippen molar-refractivity contribution in [1.29, 1.82) is 0 Å². The van der Waals surface area contributed by atoms with Crippen molar-refractivity contribution in [1.82, 2.24) is 20.5 Å². The molecule has 0 spiro atoms. The number of rotatable bonds is 5. The lowest BCUT2D eigenvalue weighted by Crippen LogP contribution is -2.41. The topological polar surface area (TPSA) is 100 Å². The van der Waals surface area contributed by atoms with Gasteiger partial charge in [0, 0.05) is 12.4 Å². The number of carbonyl (C=O) groups excluding carboxylic acids is 1. The summed E-state index contributed by atoms with van der Waals surface area (Å²) in [5.74, 6) is 0.614. The van der Waals surface area contributed by atoms with Gasteiger partial charge in [0.2, 0.25) is 0 Å². The van der Waals surface area contributed by atoms with E-state index in [1.165, 1.54) is 6.20 Å². The molecule has 2 aromatic rings. The van der Waals surface area contributed by atoms with Crippen LogP contribution in [0.3, 0.4) is 0 Å². The molecule has 1 aliphatic rings. The molecule has 0 radical (unpaired) electrons. The summed E-state index contributed by atoms with van der Waals surface area (Å²) in [6.45, 7) is 0. The van der Waals surface area contributed by atoms with Gasteiger partial charge in [-0.05, 0) is 30.4 Å². The van der Waals surface area contributed by atoms with Crippen molar-refractivity contribution in [2.75, 3.05) is 7.11 Å². The number of ether oxygens (including phenoxy) is 1. The highest BCUT2D eigenvalue weighted by Crippen LogP contribution is 2.38. The molecule has 0 aromatic carbocycles. The summed E-state index contributed by atoms with van der Waals surface area (Å²) < 4.78 is 5.20. The lowest BCUT2D eigenvalue weighted by atomic mass is 9.75. The maximum Gasteiger partial charge on any atom is 0.254 e. The van der Waals surface area contributed by atoms with E-state index < -0.39 is 0 Å². The van der Waals surface area contributed by atoms with E-state index in [1.807, 2.05) is 6.07 Å². The molecule has 2 aromatic heterocycles. The molecule has 3 rings (SSSR count). The number of amides is 1. The number of pyridine rings is 1. The molecule has 116 valence electrons. The minimum Gasteiger partial charge on any atom is -0.495 e. The molecule has 1 fully saturated rings. The van der Waals surface area contributed by atoms with Crippen LogP contribution in [0.5, 0.6) is 5.75 Å². The van der Waals surface area contributed by atoms with Gasteiger partial charge in [-0.1, -0.05) is 0 Å². The number of nitrogens with one attached hydrogen (secondary N) is 2. The highest BCUT2D eigenvalue weighted by Gasteiger charge is 2.36. The first-order chi connectivity index (χ1) is 10.7. The number of methoxy groups -OCH3 is 1. The summed E-state index contributed by atoms with van der Waals surface area (Å²) in [4.78, 5) is 16.4. The van der Waals surface area contributed by atoms with E-state index >= 15 is 0 Å². The van der Waals surface area contributed by atoms with E-state index in [2.05, 4.69) is 20.5 Å². The first kappa shape index (κ1) is 14.5. The summed E-state index contributed by atoms with van der Waals surface area (Å²) in [7, 11) is 1.58. The van der Waals surface area contributed by atoms with Gasteiger partial charge in [-0.15, -0.1) is 0 Å². The van der Waals surface area contributed by atoms with Crippen LogP contribution >= 0.6 is 0 Å². The van der Waals surface area contributed by atoms with Gasteiger partial charge in [0.15, 0.2) is 0 Å². The van der Waals surface area contributed by atoms with Crippen LogP contribution in [0.1, 0.15) is 34.8 Å². The van der Waals surface area contributed by atoms with Gasteiger partial charge in [-0.2, -0.15) is 5.10 Å². The summed E-state index contributed by atoms with van der Waals surface area (Å²) in [5.41, 5.74) is 1.34. The molecule has 0 aliphatic heterocycles. The van der Waals surface area contributed by atoms with Crippen molar-refractivity contribution >= 4 is 5.91 Å². The van der Waals surface area contributed by atoms with Crippen molar-refractivity contribution in [2.24, 2.45) is 5.92 Å². The second-order valence-electron chi connectivity index (χ2n) is 5.48. The lowest BCUT2D eigenvalue weighted by Gasteiger charge is -2.38. The van der Waals surface area contributed by atoms with Crippen LogP contribution < -0.4 is 10.1 Å². The highest BCUT2D eigenvalue weighted by molar-refractivity contribution is 5.93. The first-order valence-corrected chi connectivity index (χ1v) is 7.14. The second kappa shape index (κ2) is 6.15. The Hall–Kier alpha value is -2.41. The quantitative estimate of drug-likeness (QED) is 0.766. The van der Waals surface area contributed by atoms with E-state index in [4.69, 9.17) is 4.74 Å². The first-order valence-electron chi connectivity index (χ1n) is 7.14. The van der Waals surface area contributed by atoms with Gasteiger partial charge in [-0.3, -0.25) is 14.9 Å². The zero-order chi connectivity index (χ0) is 15.5. The largest absolute Gasteiger partial charge is 0.495 e. The van der Waals surface area contributed by atoms with Crippen LogP contribution in [-0.2, 0) is 0 Å². The van der Waals surface area contributed by atoms with Crippen LogP contribution in [0.25, 0.3) is 0 Å². The zero-order valence-corrected chi connectivity index (χ0v) is 12.2.